The summed E-state index contributed by atoms with van der Waals surface area (Å²) in [5.74, 6) is 0.176. The smallest absolute Gasteiger partial charge is 0.302 e. The SMILES string of the molecule is CC(C)=O.CCC.CCC(C)=O.CCOC.COC(C)=O. The normalized spacial score (nSPS) is 6.95. The minimum atomic E-state index is -0.245. The summed E-state index contributed by atoms with van der Waals surface area (Å²) < 4.78 is 8.65. The van der Waals surface area contributed by atoms with E-state index in [9.17, 15) is 14.4 Å². The first kappa shape index (κ1) is 31.9. The molecule has 130 valence electrons. The van der Waals surface area contributed by atoms with Crippen molar-refractivity contribution in [2.75, 3.05) is 20.8 Å². The fourth-order valence-corrected chi connectivity index (χ4v) is 0. The molecule has 0 N–H and O–H groups in total. The van der Waals surface area contributed by atoms with Crippen molar-refractivity contribution in [3.05, 3.63) is 0 Å². The largest absolute Gasteiger partial charge is 0.469 e. The van der Waals surface area contributed by atoms with Crippen molar-refractivity contribution in [3.8, 4) is 0 Å². The van der Waals surface area contributed by atoms with E-state index < -0.39 is 0 Å². The Morgan fingerprint density at radius 3 is 0.952 bits per heavy atom. The molecule has 0 saturated heterocycles. The minimum Gasteiger partial charge on any atom is -0.469 e. The van der Waals surface area contributed by atoms with Gasteiger partial charge in [0.2, 0.25) is 0 Å². The minimum absolute atomic E-state index is 0.167. The quantitative estimate of drug-likeness (QED) is 0.725. The van der Waals surface area contributed by atoms with Crippen molar-refractivity contribution in [1.82, 2.24) is 0 Å². The van der Waals surface area contributed by atoms with Gasteiger partial charge in [-0.15, -0.1) is 0 Å². The number of methoxy groups -OCH3 is 2. The first-order chi connectivity index (χ1) is 9.60. The van der Waals surface area contributed by atoms with E-state index in [0.29, 0.717) is 6.42 Å². The zero-order chi connectivity index (χ0) is 18.3. The lowest BCUT2D eigenvalue weighted by atomic mass is 10.4. The lowest BCUT2D eigenvalue weighted by Crippen LogP contribution is -1.88. The van der Waals surface area contributed by atoms with Crippen LogP contribution >= 0.6 is 0 Å². The highest BCUT2D eigenvalue weighted by molar-refractivity contribution is 5.74. The van der Waals surface area contributed by atoms with E-state index in [2.05, 4.69) is 23.3 Å². The lowest BCUT2D eigenvalue weighted by molar-refractivity contribution is -0.138. The Hall–Kier alpha value is -1.23. The maximum atomic E-state index is 9.81. The first-order valence-corrected chi connectivity index (χ1v) is 7.10. The van der Waals surface area contributed by atoms with Gasteiger partial charge in [0.05, 0.1) is 7.11 Å². The second-order valence-electron chi connectivity index (χ2n) is 3.94. The molecule has 0 saturated carbocycles. The summed E-state index contributed by atoms with van der Waals surface area (Å²) in [5.41, 5.74) is 0. The van der Waals surface area contributed by atoms with Gasteiger partial charge in [-0.2, -0.15) is 0 Å². The van der Waals surface area contributed by atoms with Crippen LogP contribution in [0.15, 0.2) is 0 Å². The third kappa shape index (κ3) is 371. The van der Waals surface area contributed by atoms with Gasteiger partial charge < -0.3 is 19.1 Å². The van der Waals surface area contributed by atoms with E-state index in [1.807, 2.05) is 13.8 Å². The fourth-order valence-electron chi connectivity index (χ4n) is 0. The zero-order valence-corrected chi connectivity index (χ0v) is 15.7. The number of ether oxygens (including phenoxy) is 2. The molecule has 5 heteroatoms. The van der Waals surface area contributed by atoms with Gasteiger partial charge in [0, 0.05) is 27.1 Å². The molecular weight excluding hydrogens is 272 g/mol. The number of Topliss-reactive ketones (excluding diaryl/α,β-unsaturated/α-hetero) is 2. The Morgan fingerprint density at radius 1 is 0.810 bits per heavy atom. The topological polar surface area (TPSA) is 69.7 Å². The summed E-state index contributed by atoms with van der Waals surface area (Å²) >= 11 is 0. The molecule has 0 heterocycles. The first-order valence-electron chi connectivity index (χ1n) is 7.10. The average Bonchev–Trinajstić information content (AvgIpc) is 2.39. The van der Waals surface area contributed by atoms with Gasteiger partial charge in [0.25, 0.3) is 0 Å². The second-order valence-corrected chi connectivity index (χ2v) is 3.94. The van der Waals surface area contributed by atoms with Gasteiger partial charge in [-0.3, -0.25) is 4.79 Å². The molecule has 0 bridgehead atoms. The molecule has 0 radical (unpaired) electrons. The third-order valence-electron chi connectivity index (χ3n) is 1.07. The highest BCUT2D eigenvalue weighted by Crippen LogP contribution is 1.71. The summed E-state index contributed by atoms with van der Waals surface area (Å²) in [5, 5.41) is 0. The van der Waals surface area contributed by atoms with E-state index in [1.54, 1.807) is 14.0 Å². The van der Waals surface area contributed by atoms with Crippen LogP contribution < -0.4 is 0 Å². The summed E-state index contributed by atoms with van der Waals surface area (Å²) in [6.45, 7) is 14.9. The Morgan fingerprint density at radius 2 is 0.952 bits per heavy atom. The fraction of sp³-hybridized carbons (Fsp3) is 0.812. The van der Waals surface area contributed by atoms with Crippen molar-refractivity contribution < 1.29 is 23.9 Å². The van der Waals surface area contributed by atoms with Crippen LogP contribution in [-0.2, 0) is 23.9 Å². The zero-order valence-electron chi connectivity index (χ0n) is 15.7. The van der Waals surface area contributed by atoms with Crippen molar-refractivity contribution in [3.63, 3.8) is 0 Å². The Labute approximate surface area is 131 Å². The van der Waals surface area contributed by atoms with Crippen LogP contribution in [0.3, 0.4) is 0 Å². The lowest BCUT2D eigenvalue weighted by Gasteiger charge is -1.80. The summed E-state index contributed by atoms with van der Waals surface area (Å²) in [6, 6.07) is 0. The van der Waals surface area contributed by atoms with Crippen LogP contribution in [0.4, 0.5) is 0 Å². The number of rotatable bonds is 2. The summed E-state index contributed by atoms with van der Waals surface area (Å²) in [4.78, 5) is 28.8. The molecule has 21 heavy (non-hydrogen) atoms. The highest BCUT2D eigenvalue weighted by atomic mass is 16.5. The standard InChI is InChI=1S/C4H8O.C3H6O2.C3H8O.C3H6O.C3H8/c1-3-4(2)5;1-3(4)5-2;1-3-4-2;1-3(2)4;1-3-2/h3H2,1-2H3;1-2H3;3H2,1-2H3;1-2H3;3H2,1-2H3. The second kappa shape index (κ2) is 36.3. The van der Waals surface area contributed by atoms with Crippen molar-refractivity contribution in [2.45, 2.75) is 68.2 Å². The van der Waals surface area contributed by atoms with E-state index in [1.165, 1.54) is 34.3 Å². The van der Waals surface area contributed by atoms with Gasteiger partial charge in [-0.1, -0.05) is 27.2 Å². The monoisotopic (exact) mass is 308 g/mol. The molecule has 0 atom stereocenters. The van der Waals surface area contributed by atoms with Gasteiger partial charge in [-0.05, 0) is 27.7 Å². The number of carbonyl (C=O) groups excluding carboxylic acids is 3. The van der Waals surface area contributed by atoms with Crippen LogP contribution in [0.2, 0.25) is 0 Å². The molecule has 0 rings (SSSR count). The molecule has 5 nitrogen and oxygen atoms in total. The van der Waals surface area contributed by atoms with E-state index in [-0.39, 0.29) is 17.5 Å². The van der Waals surface area contributed by atoms with Crippen molar-refractivity contribution in [2.24, 2.45) is 0 Å². The molecule has 0 fully saturated rings. The Balaban J connectivity index is -0.0000000514. The number of ketones is 2. The predicted molar refractivity (Wildman–Crippen MR) is 88.5 cm³/mol. The molecule has 0 aromatic heterocycles. The van der Waals surface area contributed by atoms with Crippen LogP contribution in [-0.4, -0.2) is 38.4 Å². The Bertz CT molecular complexity index is 193. The summed E-state index contributed by atoms with van der Waals surface area (Å²) in [6.07, 6.45) is 1.92. The number of hydrogen-bond acceptors (Lipinski definition) is 5. The molecule has 0 aliphatic carbocycles. The molecule has 0 amide bonds. The maximum absolute atomic E-state index is 9.81. The predicted octanol–water partition coefficient (Wildman–Crippen LogP) is 3.83. The van der Waals surface area contributed by atoms with Gasteiger partial charge >= 0.3 is 5.97 Å². The molecule has 0 unspecified atom stereocenters. The highest BCUT2D eigenvalue weighted by Gasteiger charge is 1.77. The van der Waals surface area contributed by atoms with Gasteiger partial charge in [0.1, 0.15) is 11.6 Å². The molecule has 0 spiro atoms. The van der Waals surface area contributed by atoms with Crippen molar-refractivity contribution >= 4 is 17.5 Å². The van der Waals surface area contributed by atoms with Crippen LogP contribution in [0.5, 0.6) is 0 Å². The van der Waals surface area contributed by atoms with Gasteiger partial charge in [0.15, 0.2) is 0 Å². The van der Waals surface area contributed by atoms with Crippen LogP contribution in [0.25, 0.3) is 0 Å². The number of carbonyl (C=O) groups is 3. The van der Waals surface area contributed by atoms with Crippen LogP contribution in [0.1, 0.15) is 68.2 Å². The van der Waals surface area contributed by atoms with Crippen LogP contribution in [0, 0.1) is 0 Å². The van der Waals surface area contributed by atoms with E-state index in [4.69, 9.17) is 0 Å². The third-order valence-corrected chi connectivity index (χ3v) is 1.07. The molecule has 0 aliphatic heterocycles. The molecule has 0 aromatic rings. The van der Waals surface area contributed by atoms with E-state index >= 15 is 0 Å². The molecule has 0 aliphatic rings. The number of esters is 1. The van der Waals surface area contributed by atoms with Crippen molar-refractivity contribution in [1.29, 1.82) is 0 Å². The molecule has 0 aromatic carbocycles. The molecular formula is C16H36O5. The maximum Gasteiger partial charge on any atom is 0.302 e. The van der Waals surface area contributed by atoms with Gasteiger partial charge in [-0.25, -0.2) is 0 Å². The summed E-state index contributed by atoms with van der Waals surface area (Å²) in [7, 11) is 3.03. The average molecular weight is 308 g/mol. The van der Waals surface area contributed by atoms with E-state index in [0.717, 1.165) is 6.61 Å². The Kier molecular flexibility index (Phi) is 55.3. The number of hydrogen-bond donors (Lipinski definition) is 0.